The Morgan fingerprint density at radius 1 is 1.44 bits per heavy atom. The van der Waals surface area contributed by atoms with Crippen LogP contribution in [0, 0.1) is 0 Å². The van der Waals surface area contributed by atoms with E-state index in [0.717, 1.165) is 25.3 Å². The summed E-state index contributed by atoms with van der Waals surface area (Å²) in [7, 11) is 1.72. The zero-order valence-corrected chi connectivity index (χ0v) is 9.53. The van der Waals surface area contributed by atoms with Crippen LogP contribution >= 0.6 is 0 Å². The van der Waals surface area contributed by atoms with E-state index in [1.54, 1.807) is 7.11 Å². The molecule has 0 aliphatic carbocycles. The lowest BCUT2D eigenvalue weighted by Gasteiger charge is -2.38. The van der Waals surface area contributed by atoms with Gasteiger partial charge in [0.1, 0.15) is 5.75 Å². The molecule has 2 heterocycles. The summed E-state index contributed by atoms with van der Waals surface area (Å²) in [6.45, 7) is 2.12. The first-order valence-electron chi connectivity index (χ1n) is 5.84. The summed E-state index contributed by atoms with van der Waals surface area (Å²) in [6.07, 6.45) is 2.02. The van der Waals surface area contributed by atoms with Gasteiger partial charge in [-0.25, -0.2) is 0 Å². The summed E-state index contributed by atoms with van der Waals surface area (Å²) in [5.41, 5.74) is 1.56. The Kier molecular flexibility index (Phi) is 2.37. The minimum absolute atomic E-state index is 0.102. The standard InChI is InChI=1S/C13H17NO2/c1-15-12-8-13(6-7-14-9-13)10-4-2-3-5-11(10)16-12/h2-5,12,14H,6-9H2,1H3. The summed E-state index contributed by atoms with van der Waals surface area (Å²) in [5.74, 6) is 0.990. The van der Waals surface area contributed by atoms with Crippen LogP contribution < -0.4 is 10.1 Å². The van der Waals surface area contributed by atoms with E-state index >= 15 is 0 Å². The van der Waals surface area contributed by atoms with Crippen LogP contribution in [0.1, 0.15) is 18.4 Å². The highest BCUT2D eigenvalue weighted by Crippen LogP contribution is 2.44. The van der Waals surface area contributed by atoms with E-state index in [9.17, 15) is 0 Å². The first-order valence-corrected chi connectivity index (χ1v) is 5.84. The van der Waals surface area contributed by atoms with Gasteiger partial charge in [-0.3, -0.25) is 0 Å². The van der Waals surface area contributed by atoms with Crippen LogP contribution in [-0.2, 0) is 10.2 Å². The van der Waals surface area contributed by atoms with Crippen molar-refractivity contribution in [3.8, 4) is 5.75 Å². The van der Waals surface area contributed by atoms with Gasteiger partial charge in [0.25, 0.3) is 0 Å². The van der Waals surface area contributed by atoms with Crippen molar-refractivity contribution in [1.29, 1.82) is 0 Å². The first kappa shape index (κ1) is 10.1. The molecule has 0 saturated carbocycles. The average molecular weight is 219 g/mol. The van der Waals surface area contributed by atoms with E-state index in [1.807, 2.05) is 12.1 Å². The lowest BCUT2D eigenvalue weighted by molar-refractivity contribution is -0.0823. The van der Waals surface area contributed by atoms with Crippen molar-refractivity contribution >= 4 is 0 Å². The van der Waals surface area contributed by atoms with Gasteiger partial charge in [0.2, 0.25) is 0 Å². The number of nitrogens with one attached hydrogen (secondary N) is 1. The van der Waals surface area contributed by atoms with Crippen molar-refractivity contribution in [1.82, 2.24) is 5.32 Å². The summed E-state index contributed by atoms with van der Waals surface area (Å²) < 4.78 is 11.2. The molecule has 1 N–H and O–H groups in total. The quantitative estimate of drug-likeness (QED) is 0.779. The number of ether oxygens (including phenoxy) is 2. The molecule has 1 fully saturated rings. The lowest BCUT2D eigenvalue weighted by Crippen LogP contribution is -2.40. The van der Waals surface area contributed by atoms with Crippen LogP contribution in [0.25, 0.3) is 0 Å². The van der Waals surface area contributed by atoms with Crippen LogP contribution in [0.2, 0.25) is 0 Å². The summed E-state index contributed by atoms with van der Waals surface area (Å²) >= 11 is 0. The molecule has 3 heteroatoms. The van der Waals surface area contributed by atoms with Crippen LogP contribution in [0.4, 0.5) is 0 Å². The second-order valence-corrected chi connectivity index (χ2v) is 4.69. The fourth-order valence-electron chi connectivity index (χ4n) is 2.90. The third kappa shape index (κ3) is 1.43. The Morgan fingerprint density at radius 2 is 2.31 bits per heavy atom. The van der Waals surface area contributed by atoms with Crippen LogP contribution in [-0.4, -0.2) is 26.5 Å². The SMILES string of the molecule is COC1CC2(CCNC2)c2ccccc2O1. The van der Waals surface area contributed by atoms with E-state index < -0.39 is 0 Å². The number of para-hydroxylation sites is 1. The maximum Gasteiger partial charge on any atom is 0.200 e. The Hall–Kier alpha value is -1.06. The molecule has 2 aliphatic rings. The zero-order chi connectivity index (χ0) is 11.0. The molecule has 2 atom stereocenters. The Bertz CT molecular complexity index is 385. The van der Waals surface area contributed by atoms with E-state index in [2.05, 4.69) is 17.4 Å². The van der Waals surface area contributed by atoms with E-state index in [0.29, 0.717) is 0 Å². The molecule has 86 valence electrons. The molecule has 3 rings (SSSR count). The van der Waals surface area contributed by atoms with Crippen LogP contribution in [0.3, 0.4) is 0 Å². The summed E-state index contributed by atoms with van der Waals surface area (Å²) in [5, 5.41) is 3.46. The molecule has 1 aromatic carbocycles. The van der Waals surface area contributed by atoms with Crippen LogP contribution in [0.5, 0.6) is 5.75 Å². The van der Waals surface area contributed by atoms with Gasteiger partial charge >= 0.3 is 0 Å². The second-order valence-electron chi connectivity index (χ2n) is 4.69. The molecule has 2 aliphatic heterocycles. The van der Waals surface area contributed by atoms with Gasteiger partial charge in [-0.2, -0.15) is 0 Å². The van der Waals surface area contributed by atoms with E-state index in [-0.39, 0.29) is 11.7 Å². The normalized spacial score (nSPS) is 32.4. The van der Waals surface area contributed by atoms with Gasteiger partial charge in [0.05, 0.1) is 0 Å². The van der Waals surface area contributed by atoms with Crippen LogP contribution in [0.15, 0.2) is 24.3 Å². The Morgan fingerprint density at radius 3 is 3.06 bits per heavy atom. The Balaban J connectivity index is 2.05. The fraction of sp³-hybridized carbons (Fsp3) is 0.538. The molecule has 0 aromatic heterocycles. The molecule has 1 aromatic rings. The highest BCUT2D eigenvalue weighted by Gasteiger charge is 2.43. The molecule has 16 heavy (non-hydrogen) atoms. The number of hydrogen-bond donors (Lipinski definition) is 1. The zero-order valence-electron chi connectivity index (χ0n) is 9.53. The van der Waals surface area contributed by atoms with Crippen molar-refractivity contribution in [2.75, 3.05) is 20.2 Å². The minimum Gasteiger partial charge on any atom is -0.465 e. The molecule has 1 saturated heterocycles. The highest BCUT2D eigenvalue weighted by atomic mass is 16.7. The van der Waals surface area contributed by atoms with Gasteiger partial charge in [0, 0.05) is 31.1 Å². The fourth-order valence-corrected chi connectivity index (χ4v) is 2.90. The third-order valence-electron chi connectivity index (χ3n) is 3.78. The average Bonchev–Trinajstić information content (AvgIpc) is 2.78. The molecule has 3 nitrogen and oxygen atoms in total. The predicted molar refractivity (Wildman–Crippen MR) is 61.6 cm³/mol. The first-order chi connectivity index (χ1) is 7.84. The molecule has 1 spiro atoms. The molecule has 0 bridgehead atoms. The van der Waals surface area contributed by atoms with E-state index in [1.165, 1.54) is 12.0 Å². The number of benzene rings is 1. The van der Waals surface area contributed by atoms with Crippen molar-refractivity contribution < 1.29 is 9.47 Å². The number of rotatable bonds is 1. The highest BCUT2D eigenvalue weighted by molar-refractivity contribution is 5.42. The van der Waals surface area contributed by atoms with Crippen molar-refractivity contribution in [2.24, 2.45) is 0 Å². The molecule has 0 radical (unpaired) electrons. The third-order valence-corrected chi connectivity index (χ3v) is 3.78. The van der Waals surface area contributed by atoms with Gasteiger partial charge in [-0.05, 0) is 19.0 Å². The van der Waals surface area contributed by atoms with Gasteiger partial charge < -0.3 is 14.8 Å². The predicted octanol–water partition coefficient (Wildman–Crippen LogP) is 1.67. The summed E-state index contributed by atoms with van der Waals surface area (Å²) in [4.78, 5) is 0. The smallest absolute Gasteiger partial charge is 0.200 e. The maximum absolute atomic E-state index is 5.82. The minimum atomic E-state index is -0.102. The largest absolute Gasteiger partial charge is 0.465 e. The maximum atomic E-state index is 5.82. The van der Waals surface area contributed by atoms with Gasteiger partial charge in [0.15, 0.2) is 6.29 Å². The van der Waals surface area contributed by atoms with E-state index in [4.69, 9.17) is 9.47 Å². The lowest BCUT2D eigenvalue weighted by atomic mass is 9.75. The van der Waals surface area contributed by atoms with Crippen molar-refractivity contribution in [3.05, 3.63) is 29.8 Å². The number of fused-ring (bicyclic) bond motifs is 2. The summed E-state index contributed by atoms with van der Waals surface area (Å²) in [6, 6.07) is 8.34. The number of hydrogen-bond acceptors (Lipinski definition) is 3. The van der Waals surface area contributed by atoms with Crippen molar-refractivity contribution in [2.45, 2.75) is 24.5 Å². The van der Waals surface area contributed by atoms with Gasteiger partial charge in [-0.1, -0.05) is 18.2 Å². The molecule has 2 unspecified atom stereocenters. The number of methoxy groups -OCH3 is 1. The molecule has 0 amide bonds. The van der Waals surface area contributed by atoms with Crippen molar-refractivity contribution in [3.63, 3.8) is 0 Å². The Labute approximate surface area is 95.8 Å². The topological polar surface area (TPSA) is 30.5 Å². The molecular formula is C13H17NO2. The molecular weight excluding hydrogens is 202 g/mol. The second kappa shape index (κ2) is 3.75. The monoisotopic (exact) mass is 219 g/mol. The van der Waals surface area contributed by atoms with Gasteiger partial charge in [-0.15, -0.1) is 0 Å².